The number of ether oxygens (including phenoxy) is 2. The molecule has 1 aromatic carbocycles. The highest BCUT2D eigenvalue weighted by Gasteiger charge is 2.18. The Morgan fingerprint density at radius 3 is 2.05 bits per heavy atom. The van der Waals surface area contributed by atoms with Crippen molar-refractivity contribution in [3.8, 4) is 11.5 Å². The molecular weight excluding hydrogens is 262 g/mol. The number of halogens is 1. The topological polar surface area (TPSA) is 44.5 Å². The van der Waals surface area contributed by atoms with E-state index >= 15 is 0 Å². The number of hydrogen-bond acceptors (Lipinski definition) is 3. The molecule has 0 spiro atoms. The predicted octanol–water partition coefficient (Wildman–Crippen LogP) is 4.01. The van der Waals surface area contributed by atoms with Gasteiger partial charge in [-0.1, -0.05) is 26.2 Å². The fourth-order valence-corrected chi connectivity index (χ4v) is 2.19. The molecule has 2 N–H and O–H groups in total. The number of hydrogen-bond donors (Lipinski definition) is 1. The monoisotopic (exact) mass is 287 g/mol. The molecule has 0 aliphatic heterocycles. The van der Waals surface area contributed by atoms with Crippen LogP contribution in [-0.2, 0) is 0 Å². The van der Waals surface area contributed by atoms with Gasteiger partial charge in [-0.05, 0) is 31.0 Å². The summed E-state index contributed by atoms with van der Waals surface area (Å²) in [6, 6.07) is 4.00. The van der Waals surface area contributed by atoms with Crippen LogP contribution in [0.4, 0.5) is 0 Å². The summed E-state index contributed by atoms with van der Waals surface area (Å²) in [4.78, 5) is 0. The van der Waals surface area contributed by atoms with E-state index in [1.807, 2.05) is 19.1 Å². The second-order valence-corrected chi connectivity index (χ2v) is 4.69. The Kier molecular flexibility index (Phi) is 8.61. The first-order valence-electron chi connectivity index (χ1n) is 6.62. The van der Waals surface area contributed by atoms with Gasteiger partial charge in [-0.25, -0.2) is 0 Å². The molecule has 0 heterocycles. The van der Waals surface area contributed by atoms with Crippen LogP contribution in [0.25, 0.3) is 0 Å². The van der Waals surface area contributed by atoms with Gasteiger partial charge >= 0.3 is 0 Å². The van der Waals surface area contributed by atoms with Gasteiger partial charge in [-0.2, -0.15) is 0 Å². The van der Waals surface area contributed by atoms with Crippen LogP contribution < -0.4 is 15.2 Å². The van der Waals surface area contributed by atoms with E-state index in [-0.39, 0.29) is 18.4 Å². The minimum Gasteiger partial charge on any atom is -0.496 e. The van der Waals surface area contributed by atoms with Crippen molar-refractivity contribution in [3.63, 3.8) is 0 Å². The number of aryl methyl sites for hydroxylation is 1. The quantitative estimate of drug-likeness (QED) is 0.771. The number of nitrogens with two attached hydrogens (primary N) is 1. The van der Waals surface area contributed by atoms with Gasteiger partial charge in [0, 0.05) is 6.04 Å². The first-order chi connectivity index (χ1) is 8.63. The second kappa shape index (κ2) is 9.05. The second-order valence-electron chi connectivity index (χ2n) is 4.69. The molecule has 19 heavy (non-hydrogen) atoms. The summed E-state index contributed by atoms with van der Waals surface area (Å²) in [5, 5.41) is 0. The van der Waals surface area contributed by atoms with Crippen molar-refractivity contribution >= 4 is 12.4 Å². The lowest BCUT2D eigenvalue weighted by molar-refractivity contribution is 0.375. The van der Waals surface area contributed by atoms with Gasteiger partial charge in [0.1, 0.15) is 11.5 Å². The first-order valence-corrected chi connectivity index (χ1v) is 6.62. The largest absolute Gasteiger partial charge is 0.496 e. The minimum absolute atomic E-state index is 0. The molecule has 0 aromatic heterocycles. The van der Waals surface area contributed by atoms with E-state index in [4.69, 9.17) is 15.2 Å². The average Bonchev–Trinajstić information content (AvgIpc) is 2.37. The maximum Gasteiger partial charge on any atom is 0.127 e. The van der Waals surface area contributed by atoms with Crippen LogP contribution in [0, 0.1) is 6.92 Å². The normalized spacial score (nSPS) is 11.6. The molecule has 0 saturated heterocycles. The van der Waals surface area contributed by atoms with E-state index in [9.17, 15) is 0 Å². The summed E-state index contributed by atoms with van der Waals surface area (Å²) in [6.07, 6.45) is 4.51. The standard InChI is InChI=1S/C15H25NO2.ClH/c1-5-6-7-8-12(16)15-13(17-3)9-11(2)10-14(15)18-4;/h9-10,12H,5-8,16H2,1-4H3;1H/t12-;/m1./s1. The number of benzene rings is 1. The summed E-state index contributed by atoms with van der Waals surface area (Å²) in [7, 11) is 3.35. The maximum atomic E-state index is 6.28. The lowest BCUT2D eigenvalue weighted by atomic mass is 9.98. The highest BCUT2D eigenvalue weighted by atomic mass is 35.5. The molecule has 1 rings (SSSR count). The number of rotatable bonds is 7. The van der Waals surface area contributed by atoms with Crippen molar-refractivity contribution in [2.45, 2.75) is 45.6 Å². The Hall–Kier alpha value is -0.930. The van der Waals surface area contributed by atoms with Crippen LogP contribution in [0.2, 0.25) is 0 Å². The van der Waals surface area contributed by atoms with E-state index in [0.29, 0.717) is 0 Å². The Morgan fingerprint density at radius 1 is 1.11 bits per heavy atom. The van der Waals surface area contributed by atoms with Crippen molar-refractivity contribution in [2.75, 3.05) is 14.2 Å². The SMILES string of the molecule is CCCCC[C@@H](N)c1c(OC)cc(C)cc1OC.Cl. The van der Waals surface area contributed by atoms with Crippen LogP contribution in [0.1, 0.15) is 49.8 Å². The molecule has 0 aliphatic rings. The smallest absolute Gasteiger partial charge is 0.127 e. The maximum absolute atomic E-state index is 6.28. The fraction of sp³-hybridized carbons (Fsp3) is 0.600. The van der Waals surface area contributed by atoms with Crippen LogP contribution in [0.5, 0.6) is 11.5 Å². The molecule has 0 radical (unpaired) electrons. The van der Waals surface area contributed by atoms with E-state index in [2.05, 4.69) is 6.92 Å². The molecule has 0 saturated carbocycles. The summed E-state index contributed by atoms with van der Waals surface area (Å²) < 4.78 is 10.9. The Bertz CT molecular complexity index is 357. The van der Waals surface area contributed by atoms with Crippen molar-refractivity contribution in [1.29, 1.82) is 0 Å². The predicted molar refractivity (Wildman–Crippen MR) is 82.6 cm³/mol. The van der Waals surface area contributed by atoms with E-state index in [0.717, 1.165) is 35.5 Å². The summed E-state index contributed by atoms with van der Waals surface area (Å²) >= 11 is 0. The third kappa shape index (κ3) is 4.92. The van der Waals surface area contributed by atoms with E-state index < -0.39 is 0 Å². The van der Waals surface area contributed by atoms with Crippen LogP contribution in [0.15, 0.2) is 12.1 Å². The molecule has 0 unspecified atom stereocenters. The molecule has 0 fully saturated rings. The first kappa shape index (κ1) is 18.1. The lowest BCUT2D eigenvalue weighted by Crippen LogP contribution is -2.13. The molecule has 0 aliphatic carbocycles. The highest BCUT2D eigenvalue weighted by molar-refractivity contribution is 5.85. The number of methoxy groups -OCH3 is 2. The average molecular weight is 288 g/mol. The van der Waals surface area contributed by atoms with Gasteiger partial charge in [0.25, 0.3) is 0 Å². The van der Waals surface area contributed by atoms with Gasteiger partial charge in [0.15, 0.2) is 0 Å². The minimum atomic E-state index is -0.0259. The summed E-state index contributed by atoms with van der Waals surface area (Å²) in [5.41, 5.74) is 8.39. The molecule has 1 aromatic rings. The Labute approximate surface area is 122 Å². The number of unbranched alkanes of at least 4 members (excludes halogenated alkanes) is 2. The zero-order chi connectivity index (χ0) is 13.5. The lowest BCUT2D eigenvalue weighted by Gasteiger charge is -2.19. The Balaban J connectivity index is 0.00000324. The van der Waals surface area contributed by atoms with Gasteiger partial charge in [0.2, 0.25) is 0 Å². The zero-order valence-electron chi connectivity index (χ0n) is 12.4. The zero-order valence-corrected chi connectivity index (χ0v) is 13.2. The van der Waals surface area contributed by atoms with E-state index in [1.165, 1.54) is 12.8 Å². The third-order valence-corrected chi connectivity index (χ3v) is 3.18. The molecule has 4 heteroatoms. The fourth-order valence-electron chi connectivity index (χ4n) is 2.19. The van der Waals surface area contributed by atoms with Crippen LogP contribution in [0.3, 0.4) is 0 Å². The molecule has 110 valence electrons. The van der Waals surface area contributed by atoms with Crippen LogP contribution >= 0.6 is 12.4 Å². The molecular formula is C15H26ClNO2. The third-order valence-electron chi connectivity index (χ3n) is 3.18. The van der Waals surface area contributed by atoms with Crippen molar-refractivity contribution in [3.05, 3.63) is 23.3 Å². The van der Waals surface area contributed by atoms with Gasteiger partial charge in [0.05, 0.1) is 19.8 Å². The molecule has 0 bridgehead atoms. The van der Waals surface area contributed by atoms with E-state index in [1.54, 1.807) is 14.2 Å². The van der Waals surface area contributed by atoms with Crippen molar-refractivity contribution in [2.24, 2.45) is 5.73 Å². The summed E-state index contributed by atoms with van der Waals surface area (Å²) in [5.74, 6) is 1.66. The van der Waals surface area contributed by atoms with Crippen molar-refractivity contribution < 1.29 is 9.47 Å². The summed E-state index contributed by atoms with van der Waals surface area (Å²) in [6.45, 7) is 4.22. The van der Waals surface area contributed by atoms with Crippen LogP contribution in [-0.4, -0.2) is 14.2 Å². The van der Waals surface area contributed by atoms with Crippen molar-refractivity contribution in [1.82, 2.24) is 0 Å². The Morgan fingerprint density at radius 2 is 1.63 bits per heavy atom. The molecule has 3 nitrogen and oxygen atoms in total. The molecule has 0 amide bonds. The van der Waals surface area contributed by atoms with Gasteiger partial charge in [-0.3, -0.25) is 0 Å². The van der Waals surface area contributed by atoms with Gasteiger partial charge in [-0.15, -0.1) is 12.4 Å². The highest BCUT2D eigenvalue weighted by Crippen LogP contribution is 2.36. The van der Waals surface area contributed by atoms with Gasteiger partial charge < -0.3 is 15.2 Å². The molecule has 1 atom stereocenters.